The molecule has 0 unspecified atom stereocenters. The molecule has 3 aromatic carbocycles. The van der Waals surface area contributed by atoms with E-state index >= 15 is 0 Å². The Labute approximate surface area is 150 Å². The molecule has 6 nitrogen and oxygen atoms in total. The van der Waals surface area contributed by atoms with E-state index in [2.05, 4.69) is 11.1 Å². The van der Waals surface area contributed by atoms with E-state index in [9.17, 15) is 10.1 Å². The number of nitrogens with zero attached hydrogens (tertiary/aromatic N) is 2. The number of guanidine groups is 1. The first-order valence-corrected chi connectivity index (χ1v) is 7.78. The molecule has 0 heterocycles. The third-order valence-corrected chi connectivity index (χ3v) is 3.98. The summed E-state index contributed by atoms with van der Waals surface area (Å²) in [5.41, 5.74) is 13.1. The summed E-state index contributed by atoms with van der Waals surface area (Å²) in [5, 5.41) is 11.0. The van der Waals surface area contributed by atoms with Crippen LogP contribution in [-0.2, 0) is 0 Å². The van der Waals surface area contributed by atoms with Crippen molar-refractivity contribution >= 4 is 22.6 Å². The predicted octanol–water partition coefficient (Wildman–Crippen LogP) is 2.80. The van der Waals surface area contributed by atoms with Crippen molar-refractivity contribution in [1.29, 1.82) is 5.26 Å². The molecule has 0 saturated carbocycles. The van der Waals surface area contributed by atoms with Crippen molar-refractivity contribution in [3.8, 4) is 22.9 Å². The number of aliphatic imine (C=N–C) groups is 1. The summed E-state index contributed by atoms with van der Waals surface area (Å²) in [7, 11) is 1.57. The Morgan fingerprint density at radius 2 is 1.88 bits per heavy atom. The van der Waals surface area contributed by atoms with E-state index in [1.165, 1.54) is 0 Å². The fourth-order valence-electron chi connectivity index (χ4n) is 2.81. The highest BCUT2D eigenvalue weighted by molar-refractivity contribution is 6.06. The molecule has 0 fully saturated rings. The summed E-state index contributed by atoms with van der Waals surface area (Å²) in [6, 6.07) is 18.3. The molecule has 3 rings (SSSR count). The van der Waals surface area contributed by atoms with Gasteiger partial charge in [0.15, 0.2) is 5.96 Å². The van der Waals surface area contributed by atoms with E-state index in [-0.39, 0.29) is 5.96 Å². The lowest BCUT2D eigenvalue weighted by Crippen LogP contribution is -2.24. The van der Waals surface area contributed by atoms with Crippen LogP contribution in [0, 0.1) is 11.3 Å². The van der Waals surface area contributed by atoms with Crippen LogP contribution in [0.25, 0.3) is 21.9 Å². The number of carbonyl (C=O) groups is 1. The second-order valence-electron chi connectivity index (χ2n) is 5.61. The molecule has 0 aliphatic heterocycles. The van der Waals surface area contributed by atoms with Crippen LogP contribution in [0.4, 0.5) is 0 Å². The van der Waals surface area contributed by atoms with Gasteiger partial charge in [0.25, 0.3) is 5.91 Å². The SMILES string of the molecule is COc1ccc(C#N)cc1-c1cccc2ccc(C(=O)N=C(N)N)cc12. The minimum Gasteiger partial charge on any atom is -0.496 e. The van der Waals surface area contributed by atoms with Gasteiger partial charge in [-0.2, -0.15) is 10.3 Å². The number of rotatable bonds is 3. The number of fused-ring (bicyclic) bond motifs is 1. The summed E-state index contributed by atoms with van der Waals surface area (Å²) in [6.45, 7) is 0. The quantitative estimate of drug-likeness (QED) is 0.560. The summed E-state index contributed by atoms with van der Waals surface area (Å²) >= 11 is 0. The first kappa shape index (κ1) is 17.0. The van der Waals surface area contributed by atoms with E-state index in [1.54, 1.807) is 37.4 Å². The molecule has 1 amide bonds. The highest BCUT2D eigenvalue weighted by Gasteiger charge is 2.13. The Hall–Kier alpha value is -3.85. The van der Waals surface area contributed by atoms with Crippen molar-refractivity contribution in [1.82, 2.24) is 0 Å². The Bertz CT molecular complexity index is 1080. The number of ether oxygens (including phenoxy) is 1. The summed E-state index contributed by atoms with van der Waals surface area (Å²) in [4.78, 5) is 15.7. The Balaban J connectivity index is 2.26. The Morgan fingerprint density at radius 3 is 2.58 bits per heavy atom. The van der Waals surface area contributed by atoms with E-state index in [1.807, 2.05) is 24.3 Å². The molecular weight excluding hydrogens is 328 g/mol. The lowest BCUT2D eigenvalue weighted by atomic mass is 9.95. The lowest BCUT2D eigenvalue weighted by Gasteiger charge is -2.12. The zero-order valence-electron chi connectivity index (χ0n) is 14.1. The van der Waals surface area contributed by atoms with Crippen LogP contribution in [-0.4, -0.2) is 19.0 Å². The highest BCUT2D eigenvalue weighted by atomic mass is 16.5. The first-order valence-electron chi connectivity index (χ1n) is 7.78. The molecule has 0 atom stereocenters. The molecule has 4 N–H and O–H groups in total. The summed E-state index contributed by atoms with van der Waals surface area (Å²) in [6.07, 6.45) is 0. The van der Waals surface area contributed by atoms with Gasteiger partial charge in [0.2, 0.25) is 0 Å². The van der Waals surface area contributed by atoms with Crippen LogP contribution in [0.2, 0.25) is 0 Å². The number of hydrogen-bond donors (Lipinski definition) is 2. The molecule has 0 aliphatic carbocycles. The molecular formula is C20H16N4O2. The van der Waals surface area contributed by atoms with Gasteiger partial charge in [-0.25, -0.2) is 0 Å². The maximum atomic E-state index is 12.2. The number of nitrogens with two attached hydrogens (primary N) is 2. The summed E-state index contributed by atoms with van der Waals surface area (Å²) in [5.74, 6) is -0.163. The van der Waals surface area contributed by atoms with Gasteiger partial charge in [-0.15, -0.1) is 0 Å². The standard InChI is InChI=1S/C20H16N4O2/c1-26-18-8-5-12(11-21)9-17(18)15-4-2-3-13-6-7-14(10-16(13)15)19(25)24-20(22)23/h2-10H,1H3,(H4,22,23,24,25). The van der Waals surface area contributed by atoms with Gasteiger partial charge in [-0.1, -0.05) is 24.3 Å². The predicted molar refractivity (Wildman–Crippen MR) is 101 cm³/mol. The fraction of sp³-hybridized carbons (Fsp3) is 0.0500. The van der Waals surface area contributed by atoms with Crippen LogP contribution in [0.15, 0.2) is 59.6 Å². The van der Waals surface area contributed by atoms with Crippen molar-refractivity contribution < 1.29 is 9.53 Å². The molecule has 6 heteroatoms. The maximum absolute atomic E-state index is 12.2. The van der Waals surface area contributed by atoms with Crippen molar-refractivity contribution in [3.05, 3.63) is 65.7 Å². The maximum Gasteiger partial charge on any atom is 0.280 e. The third kappa shape index (κ3) is 3.19. The number of methoxy groups -OCH3 is 1. The van der Waals surface area contributed by atoms with Gasteiger partial charge in [-0.05, 0) is 46.7 Å². The minimum atomic E-state index is -0.514. The molecule has 0 bridgehead atoms. The van der Waals surface area contributed by atoms with Crippen molar-refractivity contribution in [2.75, 3.05) is 7.11 Å². The molecule has 3 aromatic rings. The van der Waals surface area contributed by atoms with Gasteiger partial charge in [0.1, 0.15) is 5.75 Å². The normalized spacial score (nSPS) is 10.2. The molecule has 0 saturated heterocycles. The Morgan fingerprint density at radius 1 is 1.08 bits per heavy atom. The molecule has 0 aromatic heterocycles. The highest BCUT2D eigenvalue weighted by Crippen LogP contribution is 2.36. The van der Waals surface area contributed by atoms with Crippen LogP contribution < -0.4 is 16.2 Å². The third-order valence-electron chi connectivity index (χ3n) is 3.98. The second kappa shape index (κ2) is 6.95. The number of nitriles is 1. The molecule has 0 spiro atoms. The average Bonchev–Trinajstić information content (AvgIpc) is 2.66. The van der Waals surface area contributed by atoms with E-state index < -0.39 is 5.91 Å². The lowest BCUT2D eigenvalue weighted by molar-refractivity contribution is 0.100. The number of hydrogen-bond acceptors (Lipinski definition) is 3. The average molecular weight is 344 g/mol. The van der Waals surface area contributed by atoms with Crippen LogP contribution in [0.3, 0.4) is 0 Å². The topological polar surface area (TPSA) is 114 Å². The van der Waals surface area contributed by atoms with Crippen molar-refractivity contribution in [2.45, 2.75) is 0 Å². The zero-order valence-corrected chi connectivity index (χ0v) is 14.1. The van der Waals surface area contributed by atoms with E-state index in [0.29, 0.717) is 16.9 Å². The molecule has 0 radical (unpaired) electrons. The minimum absolute atomic E-state index is 0.285. The van der Waals surface area contributed by atoms with E-state index in [4.69, 9.17) is 16.2 Å². The monoisotopic (exact) mass is 344 g/mol. The first-order chi connectivity index (χ1) is 12.5. The molecule has 26 heavy (non-hydrogen) atoms. The van der Waals surface area contributed by atoms with Gasteiger partial charge < -0.3 is 16.2 Å². The van der Waals surface area contributed by atoms with E-state index in [0.717, 1.165) is 21.9 Å². The van der Waals surface area contributed by atoms with Crippen molar-refractivity contribution in [3.63, 3.8) is 0 Å². The number of benzene rings is 3. The van der Waals surface area contributed by atoms with Gasteiger partial charge in [0, 0.05) is 11.1 Å². The van der Waals surface area contributed by atoms with Crippen molar-refractivity contribution in [2.24, 2.45) is 16.5 Å². The molecule has 128 valence electrons. The summed E-state index contributed by atoms with van der Waals surface area (Å²) < 4.78 is 5.45. The zero-order chi connectivity index (χ0) is 18.7. The van der Waals surface area contributed by atoms with Crippen LogP contribution in [0.1, 0.15) is 15.9 Å². The second-order valence-corrected chi connectivity index (χ2v) is 5.61. The van der Waals surface area contributed by atoms with Crippen LogP contribution in [0.5, 0.6) is 5.75 Å². The van der Waals surface area contributed by atoms with Gasteiger partial charge >= 0.3 is 0 Å². The number of carbonyl (C=O) groups excluding carboxylic acids is 1. The van der Waals surface area contributed by atoms with Gasteiger partial charge in [-0.3, -0.25) is 4.79 Å². The number of amides is 1. The largest absolute Gasteiger partial charge is 0.496 e. The Kier molecular flexibility index (Phi) is 4.54. The van der Waals surface area contributed by atoms with Crippen LogP contribution >= 0.6 is 0 Å². The molecule has 0 aliphatic rings. The fourth-order valence-corrected chi connectivity index (χ4v) is 2.81. The van der Waals surface area contributed by atoms with Gasteiger partial charge in [0.05, 0.1) is 18.7 Å². The smallest absolute Gasteiger partial charge is 0.280 e.